The van der Waals surface area contributed by atoms with E-state index in [-0.39, 0.29) is 0 Å². The highest BCUT2D eigenvalue weighted by Gasteiger charge is 2.11. The number of aldehydes is 1. The second kappa shape index (κ2) is 5.17. The van der Waals surface area contributed by atoms with Crippen LogP contribution in [0.25, 0.3) is 0 Å². The monoisotopic (exact) mass is 226 g/mol. The van der Waals surface area contributed by atoms with Crippen LogP contribution < -0.4 is 4.74 Å². The molecule has 1 rings (SSSR count). The van der Waals surface area contributed by atoms with Crippen LogP contribution in [0.4, 0.5) is 0 Å². The average molecular weight is 227 g/mol. The van der Waals surface area contributed by atoms with Gasteiger partial charge >= 0.3 is 0 Å². The molecule has 0 spiro atoms. The molecule has 1 aromatic rings. The largest absolute Gasteiger partial charge is 0.496 e. The Morgan fingerprint density at radius 2 is 2.07 bits per heavy atom. The average Bonchev–Trinajstić information content (AvgIpc) is 2.22. The van der Waals surface area contributed by atoms with Gasteiger partial charge in [-0.3, -0.25) is 0 Å². The van der Waals surface area contributed by atoms with Crippen LogP contribution in [0.3, 0.4) is 0 Å². The third kappa shape index (κ3) is 2.51. The summed E-state index contributed by atoms with van der Waals surface area (Å²) >= 11 is 6.08. The zero-order valence-corrected chi connectivity index (χ0v) is 10.0. The first-order chi connectivity index (χ1) is 7.11. The van der Waals surface area contributed by atoms with Crippen molar-refractivity contribution in [2.24, 2.45) is 0 Å². The predicted molar refractivity (Wildman–Crippen MR) is 61.9 cm³/mol. The molecule has 2 nitrogen and oxygen atoms in total. The van der Waals surface area contributed by atoms with E-state index in [4.69, 9.17) is 16.3 Å². The lowest BCUT2D eigenvalue weighted by molar-refractivity contribution is -0.107. The molecular weight excluding hydrogens is 212 g/mol. The van der Waals surface area contributed by atoms with Crippen LogP contribution in [0.1, 0.15) is 23.1 Å². The third-order valence-electron chi connectivity index (χ3n) is 2.56. The zero-order valence-electron chi connectivity index (χ0n) is 9.26. The summed E-state index contributed by atoms with van der Waals surface area (Å²) in [5.41, 5.74) is 3.10. The molecule has 0 unspecified atom stereocenters. The molecule has 0 aliphatic rings. The Bertz CT molecular complexity index is 372. The van der Waals surface area contributed by atoms with Crippen molar-refractivity contribution >= 4 is 17.9 Å². The number of methoxy groups -OCH3 is 1. The first-order valence-electron chi connectivity index (χ1n) is 4.88. The first-order valence-corrected chi connectivity index (χ1v) is 5.25. The van der Waals surface area contributed by atoms with E-state index in [9.17, 15) is 4.79 Å². The smallest absolute Gasteiger partial charge is 0.126 e. The van der Waals surface area contributed by atoms with Gasteiger partial charge in [0.25, 0.3) is 0 Å². The molecule has 0 radical (unpaired) electrons. The van der Waals surface area contributed by atoms with Crippen molar-refractivity contribution in [2.75, 3.05) is 7.11 Å². The number of halogens is 1. The van der Waals surface area contributed by atoms with Crippen LogP contribution >= 0.6 is 11.6 Å². The highest BCUT2D eigenvalue weighted by Crippen LogP contribution is 2.32. The quantitative estimate of drug-likeness (QED) is 0.738. The number of hydrogen-bond donors (Lipinski definition) is 0. The van der Waals surface area contributed by atoms with Crippen molar-refractivity contribution in [1.29, 1.82) is 0 Å². The summed E-state index contributed by atoms with van der Waals surface area (Å²) in [6.45, 7) is 3.92. The topological polar surface area (TPSA) is 26.3 Å². The van der Waals surface area contributed by atoms with Gasteiger partial charge < -0.3 is 9.53 Å². The maximum absolute atomic E-state index is 10.3. The summed E-state index contributed by atoms with van der Waals surface area (Å²) in [7, 11) is 1.63. The van der Waals surface area contributed by atoms with Crippen LogP contribution in [-0.4, -0.2) is 13.4 Å². The van der Waals surface area contributed by atoms with Gasteiger partial charge in [-0.2, -0.15) is 0 Å². The molecule has 0 heterocycles. The molecule has 0 atom stereocenters. The number of aryl methyl sites for hydroxylation is 1. The van der Waals surface area contributed by atoms with E-state index in [1.807, 2.05) is 19.9 Å². The van der Waals surface area contributed by atoms with Crippen LogP contribution in [0.15, 0.2) is 6.07 Å². The van der Waals surface area contributed by atoms with Crippen molar-refractivity contribution in [2.45, 2.75) is 26.7 Å². The Morgan fingerprint density at radius 1 is 1.40 bits per heavy atom. The summed E-state index contributed by atoms with van der Waals surface area (Å²) in [5.74, 6) is 0.823. The van der Waals surface area contributed by atoms with Gasteiger partial charge in [0.2, 0.25) is 0 Å². The maximum Gasteiger partial charge on any atom is 0.126 e. The molecule has 0 aromatic heterocycles. The summed E-state index contributed by atoms with van der Waals surface area (Å²) in [5, 5.41) is 0.693. The molecule has 0 amide bonds. The summed E-state index contributed by atoms with van der Waals surface area (Å²) in [4.78, 5) is 10.3. The Kier molecular flexibility index (Phi) is 4.15. The van der Waals surface area contributed by atoms with E-state index < -0.39 is 0 Å². The zero-order chi connectivity index (χ0) is 11.4. The maximum atomic E-state index is 10.3. The van der Waals surface area contributed by atoms with Crippen molar-refractivity contribution in [3.8, 4) is 5.75 Å². The predicted octanol–water partition coefficient (Wildman–Crippen LogP) is 3.10. The molecule has 0 N–H and O–H groups in total. The lowest BCUT2D eigenvalue weighted by Gasteiger charge is -2.14. The van der Waals surface area contributed by atoms with Crippen molar-refractivity contribution in [1.82, 2.24) is 0 Å². The molecular formula is C12H15ClO2. The molecule has 0 aliphatic heterocycles. The number of rotatable bonds is 4. The van der Waals surface area contributed by atoms with E-state index in [0.29, 0.717) is 17.9 Å². The number of carbonyl (C=O) groups is 1. The lowest BCUT2D eigenvalue weighted by atomic mass is 10.0. The Hall–Kier alpha value is -1.02. The van der Waals surface area contributed by atoms with Crippen LogP contribution in [-0.2, 0) is 11.2 Å². The molecule has 0 saturated heterocycles. The second-order valence-corrected chi connectivity index (χ2v) is 3.91. The van der Waals surface area contributed by atoms with Gasteiger partial charge in [-0.25, -0.2) is 0 Å². The molecule has 1 aromatic carbocycles. The third-order valence-corrected chi connectivity index (χ3v) is 2.95. The van der Waals surface area contributed by atoms with Gasteiger partial charge in [-0.05, 0) is 37.5 Å². The number of hydrogen-bond acceptors (Lipinski definition) is 2. The van der Waals surface area contributed by atoms with Crippen LogP contribution in [0.2, 0.25) is 5.02 Å². The fourth-order valence-corrected chi connectivity index (χ4v) is 1.90. The van der Waals surface area contributed by atoms with Gasteiger partial charge in [-0.15, -0.1) is 0 Å². The van der Waals surface area contributed by atoms with Crippen molar-refractivity contribution < 1.29 is 9.53 Å². The summed E-state index contributed by atoms with van der Waals surface area (Å²) in [6, 6.07) is 1.91. The van der Waals surface area contributed by atoms with Gasteiger partial charge in [0, 0.05) is 17.0 Å². The number of benzene rings is 1. The highest BCUT2D eigenvalue weighted by molar-refractivity contribution is 6.31. The lowest BCUT2D eigenvalue weighted by Crippen LogP contribution is -1.98. The minimum Gasteiger partial charge on any atom is -0.496 e. The Morgan fingerprint density at radius 3 is 2.60 bits per heavy atom. The van der Waals surface area contributed by atoms with E-state index in [1.54, 1.807) is 7.11 Å². The minimum atomic E-state index is 0.517. The molecule has 0 aliphatic carbocycles. The Labute approximate surface area is 95.2 Å². The van der Waals surface area contributed by atoms with Gasteiger partial charge in [0.15, 0.2) is 0 Å². The SMILES string of the molecule is COc1c(C)c(Cl)cc(CCC=O)c1C. The fraction of sp³-hybridized carbons (Fsp3) is 0.417. The molecule has 0 saturated carbocycles. The standard InChI is InChI=1S/C12H15ClO2/c1-8-10(5-4-6-14)7-11(13)9(2)12(8)15-3/h6-7H,4-5H2,1-3H3. The number of ether oxygens (including phenoxy) is 1. The molecule has 3 heteroatoms. The van der Waals surface area contributed by atoms with E-state index in [1.165, 1.54) is 0 Å². The molecule has 15 heavy (non-hydrogen) atoms. The summed E-state index contributed by atoms with van der Waals surface area (Å²) in [6.07, 6.45) is 2.15. The van der Waals surface area contributed by atoms with E-state index in [2.05, 4.69) is 0 Å². The van der Waals surface area contributed by atoms with E-state index >= 15 is 0 Å². The summed E-state index contributed by atoms with van der Waals surface area (Å²) < 4.78 is 5.30. The van der Waals surface area contributed by atoms with Crippen LogP contribution in [0, 0.1) is 13.8 Å². The minimum absolute atomic E-state index is 0.517. The Balaban J connectivity index is 3.17. The fourth-order valence-electron chi connectivity index (χ4n) is 1.69. The first kappa shape index (κ1) is 12.1. The van der Waals surface area contributed by atoms with Gasteiger partial charge in [0.1, 0.15) is 12.0 Å². The molecule has 82 valence electrons. The van der Waals surface area contributed by atoms with Gasteiger partial charge in [-0.1, -0.05) is 11.6 Å². The van der Waals surface area contributed by atoms with Gasteiger partial charge in [0.05, 0.1) is 7.11 Å². The van der Waals surface area contributed by atoms with Crippen LogP contribution in [0.5, 0.6) is 5.75 Å². The number of carbonyl (C=O) groups excluding carboxylic acids is 1. The van der Waals surface area contributed by atoms with Crippen molar-refractivity contribution in [3.63, 3.8) is 0 Å². The molecule has 0 fully saturated rings. The second-order valence-electron chi connectivity index (χ2n) is 3.51. The van der Waals surface area contributed by atoms with E-state index in [0.717, 1.165) is 28.7 Å². The van der Waals surface area contributed by atoms with Crippen molar-refractivity contribution in [3.05, 3.63) is 27.8 Å². The normalized spacial score (nSPS) is 10.1. The molecule has 0 bridgehead atoms. The highest BCUT2D eigenvalue weighted by atomic mass is 35.5.